The Labute approximate surface area is 101 Å². The van der Waals surface area contributed by atoms with E-state index in [9.17, 15) is 9.59 Å². The molecule has 1 fully saturated rings. The normalized spacial score (nSPS) is 23.9. The van der Waals surface area contributed by atoms with Gasteiger partial charge in [0.25, 0.3) is 0 Å². The van der Waals surface area contributed by atoms with E-state index < -0.39 is 18.2 Å². The Kier molecular flexibility index (Phi) is 5.37. The van der Waals surface area contributed by atoms with Crippen LogP contribution in [-0.2, 0) is 14.3 Å². The van der Waals surface area contributed by atoms with E-state index in [1.54, 1.807) is 0 Å². The SMILES string of the molecule is CN(C)CCCNC(=O)[C@@H]1CC[C@H](C(=O)O)O1. The van der Waals surface area contributed by atoms with Crippen molar-refractivity contribution in [3.05, 3.63) is 0 Å². The molecular weight excluding hydrogens is 224 g/mol. The number of aliphatic carboxylic acids is 1. The predicted octanol–water partition coefficient (Wildman–Crippen LogP) is -0.313. The van der Waals surface area contributed by atoms with Crippen LogP contribution >= 0.6 is 0 Å². The number of carbonyl (C=O) groups excluding carboxylic acids is 1. The highest BCUT2D eigenvalue weighted by atomic mass is 16.5. The highest BCUT2D eigenvalue weighted by Gasteiger charge is 2.34. The van der Waals surface area contributed by atoms with Crippen LogP contribution in [0.4, 0.5) is 0 Å². The molecule has 1 aliphatic rings. The summed E-state index contributed by atoms with van der Waals surface area (Å²) < 4.78 is 5.14. The summed E-state index contributed by atoms with van der Waals surface area (Å²) in [6.45, 7) is 1.50. The fraction of sp³-hybridized carbons (Fsp3) is 0.818. The molecule has 0 aromatic carbocycles. The van der Waals surface area contributed by atoms with Crippen molar-refractivity contribution in [3.8, 4) is 0 Å². The zero-order chi connectivity index (χ0) is 12.8. The molecule has 0 aromatic rings. The Morgan fingerprint density at radius 1 is 1.35 bits per heavy atom. The smallest absolute Gasteiger partial charge is 0.332 e. The lowest BCUT2D eigenvalue weighted by molar-refractivity contribution is -0.151. The van der Waals surface area contributed by atoms with Crippen LogP contribution in [0.3, 0.4) is 0 Å². The molecule has 1 heterocycles. The number of carboxylic acid groups (broad SMARTS) is 1. The maximum atomic E-state index is 11.6. The largest absolute Gasteiger partial charge is 0.479 e. The second-order valence-corrected chi connectivity index (χ2v) is 4.48. The van der Waals surface area contributed by atoms with Gasteiger partial charge in [-0.05, 0) is 39.9 Å². The second kappa shape index (κ2) is 6.56. The first-order valence-corrected chi connectivity index (χ1v) is 5.81. The first-order valence-electron chi connectivity index (χ1n) is 5.81. The quantitative estimate of drug-likeness (QED) is 0.626. The van der Waals surface area contributed by atoms with Gasteiger partial charge in [-0.1, -0.05) is 0 Å². The number of rotatable bonds is 6. The third-order valence-electron chi connectivity index (χ3n) is 2.67. The summed E-state index contributed by atoms with van der Waals surface area (Å²) in [5.41, 5.74) is 0. The van der Waals surface area contributed by atoms with Gasteiger partial charge in [0.05, 0.1) is 0 Å². The third-order valence-corrected chi connectivity index (χ3v) is 2.67. The molecular formula is C11H20N2O4. The molecule has 6 heteroatoms. The number of nitrogens with one attached hydrogen (secondary N) is 1. The lowest BCUT2D eigenvalue weighted by Crippen LogP contribution is -2.36. The van der Waals surface area contributed by atoms with Crippen LogP contribution in [0, 0.1) is 0 Å². The average molecular weight is 244 g/mol. The van der Waals surface area contributed by atoms with Gasteiger partial charge in [0, 0.05) is 6.54 Å². The van der Waals surface area contributed by atoms with Gasteiger partial charge in [0.1, 0.15) is 6.10 Å². The Morgan fingerprint density at radius 2 is 2.00 bits per heavy atom. The Morgan fingerprint density at radius 3 is 2.53 bits per heavy atom. The van der Waals surface area contributed by atoms with Gasteiger partial charge in [-0.3, -0.25) is 4.79 Å². The fourth-order valence-electron chi connectivity index (χ4n) is 1.73. The van der Waals surface area contributed by atoms with E-state index in [0.29, 0.717) is 19.4 Å². The van der Waals surface area contributed by atoms with Crippen molar-refractivity contribution in [2.24, 2.45) is 0 Å². The lowest BCUT2D eigenvalue weighted by atomic mass is 10.2. The number of nitrogens with zero attached hydrogens (tertiary/aromatic N) is 1. The van der Waals surface area contributed by atoms with Crippen molar-refractivity contribution in [2.45, 2.75) is 31.5 Å². The number of amides is 1. The van der Waals surface area contributed by atoms with E-state index in [-0.39, 0.29) is 5.91 Å². The lowest BCUT2D eigenvalue weighted by Gasteiger charge is -2.13. The van der Waals surface area contributed by atoms with Crippen LogP contribution in [0.5, 0.6) is 0 Å². The monoisotopic (exact) mass is 244 g/mol. The highest BCUT2D eigenvalue weighted by molar-refractivity contribution is 5.82. The van der Waals surface area contributed by atoms with Crippen LogP contribution < -0.4 is 5.32 Å². The van der Waals surface area contributed by atoms with Gasteiger partial charge in [-0.15, -0.1) is 0 Å². The summed E-state index contributed by atoms with van der Waals surface area (Å²) in [7, 11) is 3.94. The maximum absolute atomic E-state index is 11.6. The van der Waals surface area contributed by atoms with Gasteiger partial charge < -0.3 is 20.1 Å². The molecule has 2 atom stereocenters. The molecule has 17 heavy (non-hydrogen) atoms. The number of ether oxygens (including phenoxy) is 1. The van der Waals surface area contributed by atoms with E-state index >= 15 is 0 Å². The zero-order valence-corrected chi connectivity index (χ0v) is 10.3. The van der Waals surface area contributed by atoms with Gasteiger partial charge in [0.15, 0.2) is 6.10 Å². The first kappa shape index (κ1) is 13.9. The topological polar surface area (TPSA) is 78.9 Å². The standard InChI is InChI=1S/C11H20N2O4/c1-13(2)7-3-6-12-10(14)8-4-5-9(17-8)11(15)16/h8-9H,3-7H2,1-2H3,(H,12,14)(H,15,16)/t8-,9+/m0/s1. The van der Waals surface area contributed by atoms with Crippen LogP contribution in [0.1, 0.15) is 19.3 Å². The van der Waals surface area contributed by atoms with E-state index in [1.807, 2.05) is 19.0 Å². The van der Waals surface area contributed by atoms with Crippen molar-refractivity contribution < 1.29 is 19.4 Å². The molecule has 1 amide bonds. The van der Waals surface area contributed by atoms with Gasteiger partial charge in [-0.2, -0.15) is 0 Å². The highest BCUT2D eigenvalue weighted by Crippen LogP contribution is 2.19. The molecule has 0 unspecified atom stereocenters. The summed E-state index contributed by atoms with van der Waals surface area (Å²) in [5, 5.41) is 11.5. The van der Waals surface area contributed by atoms with E-state index in [1.165, 1.54) is 0 Å². The van der Waals surface area contributed by atoms with Crippen LogP contribution in [0.2, 0.25) is 0 Å². The molecule has 0 spiro atoms. The Bertz CT molecular complexity index is 281. The van der Waals surface area contributed by atoms with Crippen molar-refractivity contribution in [1.82, 2.24) is 10.2 Å². The summed E-state index contributed by atoms with van der Waals surface area (Å²) in [5.74, 6) is -1.19. The maximum Gasteiger partial charge on any atom is 0.332 e. The molecule has 0 bridgehead atoms. The Balaban J connectivity index is 2.19. The summed E-state index contributed by atoms with van der Waals surface area (Å²) in [6.07, 6.45) is 0.332. The van der Waals surface area contributed by atoms with E-state index in [0.717, 1.165) is 13.0 Å². The van der Waals surface area contributed by atoms with Crippen LogP contribution in [0.15, 0.2) is 0 Å². The first-order chi connectivity index (χ1) is 8.00. The molecule has 98 valence electrons. The third kappa shape index (κ3) is 4.70. The minimum absolute atomic E-state index is 0.201. The average Bonchev–Trinajstić information content (AvgIpc) is 2.73. The summed E-state index contributed by atoms with van der Waals surface area (Å²) >= 11 is 0. The second-order valence-electron chi connectivity index (χ2n) is 4.48. The van der Waals surface area contributed by atoms with Crippen LogP contribution in [-0.4, -0.2) is 61.3 Å². The Hall–Kier alpha value is -1.14. The fourth-order valence-corrected chi connectivity index (χ4v) is 1.73. The number of carboxylic acids is 1. The zero-order valence-electron chi connectivity index (χ0n) is 10.3. The number of carbonyl (C=O) groups is 2. The summed E-state index contributed by atoms with van der Waals surface area (Å²) in [6, 6.07) is 0. The molecule has 6 nitrogen and oxygen atoms in total. The molecule has 0 aromatic heterocycles. The van der Waals surface area contributed by atoms with Crippen LogP contribution in [0.25, 0.3) is 0 Å². The van der Waals surface area contributed by atoms with Gasteiger partial charge in [0.2, 0.25) is 5.91 Å². The minimum atomic E-state index is -0.993. The van der Waals surface area contributed by atoms with Gasteiger partial charge >= 0.3 is 5.97 Å². The van der Waals surface area contributed by atoms with Gasteiger partial charge in [-0.25, -0.2) is 4.79 Å². The summed E-state index contributed by atoms with van der Waals surface area (Å²) in [4.78, 5) is 24.3. The molecule has 0 aliphatic carbocycles. The molecule has 0 radical (unpaired) electrons. The van der Waals surface area contributed by atoms with Crippen molar-refractivity contribution in [3.63, 3.8) is 0 Å². The van der Waals surface area contributed by atoms with Crippen molar-refractivity contribution in [2.75, 3.05) is 27.2 Å². The predicted molar refractivity (Wildman–Crippen MR) is 61.7 cm³/mol. The van der Waals surface area contributed by atoms with E-state index in [2.05, 4.69) is 5.32 Å². The van der Waals surface area contributed by atoms with E-state index in [4.69, 9.17) is 9.84 Å². The molecule has 2 N–H and O–H groups in total. The van der Waals surface area contributed by atoms with Crippen molar-refractivity contribution in [1.29, 1.82) is 0 Å². The molecule has 1 aliphatic heterocycles. The minimum Gasteiger partial charge on any atom is -0.479 e. The molecule has 0 saturated carbocycles. The molecule has 1 saturated heterocycles. The number of hydrogen-bond donors (Lipinski definition) is 2. The van der Waals surface area contributed by atoms with Crippen molar-refractivity contribution >= 4 is 11.9 Å². The number of hydrogen-bond acceptors (Lipinski definition) is 4. The molecule has 1 rings (SSSR count).